The monoisotopic (exact) mass is 1650 g/mol. The van der Waals surface area contributed by atoms with Crippen LogP contribution in [-0.4, -0.2) is 312 Å². The molecule has 4 aliphatic heterocycles. The highest BCUT2D eigenvalue weighted by molar-refractivity contribution is 7.80. The molecule has 620 valence electrons. The number of aliphatic hydroxyl groups is 16. The van der Waals surface area contributed by atoms with Gasteiger partial charge in [0, 0.05) is 45.3 Å². The fourth-order valence-electron chi connectivity index (χ4n) is 12.6. The summed E-state index contributed by atoms with van der Waals surface area (Å²) in [5.41, 5.74) is 2.97. The molecule has 0 bridgehead atoms. The Bertz CT molecular complexity index is 3620. The number of ether oxygens (including phenoxy) is 8. The zero-order valence-corrected chi connectivity index (χ0v) is 64.2. The van der Waals surface area contributed by atoms with E-state index in [2.05, 4.69) is 31.9 Å². The molecule has 23 N–H and O–H groups in total. The molecule has 23 unspecified atom stereocenters. The lowest BCUT2D eigenvalue weighted by Crippen LogP contribution is -2.60. The summed E-state index contributed by atoms with van der Waals surface area (Å²) in [5.74, 6) is -1.74. The van der Waals surface area contributed by atoms with Crippen LogP contribution < -0.4 is 50.8 Å². The number of benzene rings is 4. The number of carbonyl (C=O) groups is 3. The quantitative estimate of drug-likeness (QED) is 0.0150. The Labute approximate surface area is 666 Å². The van der Waals surface area contributed by atoms with Gasteiger partial charge in [-0.25, -0.2) is 4.79 Å². The van der Waals surface area contributed by atoms with Crippen LogP contribution in [0.4, 0.5) is 0 Å². The summed E-state index contributed by atoms with van der Waals surface area (Å²) in [7, 11) is 0. The van der Waals surface area contributed by atoms with Crippen molar-refractivity contribution < 1.29 is 139 Å². The second-order valence-electron chi connectivity index (χ2n) is 27.7. The molecule has 4 aromatic carbocycles. The van der Waals surface area contributed by atoms with E-state index >= 15 is 0 Å². The topological polar surface area (TPSA) is 541 Å². The third-order valence-corrected chi connectivity index (χ3v) is 20.3. The molecule has 8 rings (SSSR count). The van der Waals surface area contributed by atoms with E-state index in [9.17, 15) is 101 Å². The smallest absolute Gasteiger partial charge is 0.326 e. The van der Waals surface area contributed by atoms with Gasteiger partial charge in [0.2, 0.25) is 37.0 Å². The van der Waals surface area contributed by atoms with Crippen molar-refractivity contribution in [3.8, 4) is 23.0 Å². The van der Waals surface area contributed by atoms with Crippen LogP contribution in [0.1, 0.15) is 80.0 Å². The molecule has 4 fully saturated rings. The summed E-state index contributed by atoms with van der Waals surface area (Å²) in [6.45, 7) is -1.48. The number of unbranched alkanes of at least 4 members (excludes halogenated alkanes) is 3. The Balaban J connectivity index is 0.893. The number of thiocarbonyl (C=S) groups is 4. The number of aliphatic hydroxyl groups excluding tert-OH is 16. The van der Waals surface area contributed by atoms with Crippen molar-refractivity contribution in [2.75, 3.05) is 46.1 Å². The van der Waals surface area contributed by atoms with E-state index in [1.165, 1.54) is 0 Å². The summed E-state index contributed by atoms with van der Waals surface area (Å²) in [6.07, 6.45) is -26.0. The molecular weight excluding hydrogens is 1550 g/mol. The van der Waals surface area contributed by atoms with E-state index in [0.717, 1.165) is 16.7 Å². The largest absolute Gasteiger partial charge is 0.480 e. The minimum Gasteiger partial charge on any atom is -0.480 e. The molecule has 4 aliphatic rings. The minimum absolute atomic E-state index is 0.00595. The number of amides is 2. The third-order valence-electron chi connectivity index (χ3n) is 19.2. The summed E-state index contributed by atoms with van der Waals surface area (Å²) in [5, 5.41) is 191. The van der Waals surface area contributed by atoms with Gasteiger partial charge in [0.15, 0.2) is 0 Å². The molecular formula is C74H102N6O28S4. The van der Waals surface area contributed by atoms with Crippen molar-refractivity contribution in [3.05, 3.63) is 119 Å². The molecule has 0 aromatic heterocycles. The SMILES string of the molecule is O=C(O)C(CCCCNC(=S)Cc1ccc(OC2OC(CO)C(O)C(O)C2O)cc1)NC(=O)C(CCCCNC(=S)Cc1ccc(OC2OC(CO)C(O)C(O)C2O)cc1)NC(=O)C(CCCCNC(=S)Cc1ccc(OC2OC(CO)C(O)C(O)C2O)cc1)NC(=S)Cc1ccc(OC2OC(CO)C(O)C(O)C2O)cc1. The second-order valence-corrected chi connectivity index (χ2v) is 29.6. The van der Waals surface area contributed by atoms with Crippen molar-refractivity contribution in [1.29, 1.82) is 0 Å². The van der Waals surface area contributed by atoms with Crippen LogP contribution in [0.15, 0.2) is 97.1 Å². The number of aliphatic carboxylic acids is 1. The van der Waals surface area contributed by atoms with Crippen molar-refractivity contribution in [3.63, 3.8) is 0 Å². The number of rotatable bonds is 41. The van der Waals surface area contributed by atoms with E-state index in [1.54, 1.807) is 97.1 Å². The highest BCUT2D eigenvalue weighted by Crippen LogP contribution is 2.30. The van der Waals surface area contributed by atoms with Crippen LogP contribution in [-0.2, 0) is 59.0 Å². The van der Waals surface area contributed by atoms with Gasteiger partial charge < -0.3 is 157 Å². The molecule has 0 saturated carbocycles. The van der Waals surface area contributed by atoms with Crippen molar-refractivity contribution in [2.45, 2.75) is 224 Å². The summed E-state index contributed by atoms with van der Waals surface area (Å²) >= 11 is 22.8. The van der Waals surface area contributed by atoms with E-state index in [1.807, 2.05) is 0 Å². The molecule has 4 aromatic rings. The predicted molar refractivity (Wildman–Crippen MR) is 413 cm³/mol. The van der Waals surface area contributed by atoms with E-state index in [4.69, 9.17) is 86.8 Å². The number of hydrogen-bond donors (Lipinski definition) is 23. The summed E-state index contributed by atoms with van der Waals surface area (Å²) in [6, 6.07) is 22.6. The van der Waals surface area contributed by atoms with Gasteiger partial charge in [0.05, 0.1) is 46.4 Å². The first-order valence-electron chi connectivity index (χ1n) is 36.8. The minimum atomic E-state index is -1.67. The Morgan fingerprint density at radius 2 is 0.554 bits per heavy atom. The van der Waals surface area contributed by atoms with Gasteiger partial charge in [-0.2, -0.15) is 0 Å². The average Bonchev–Trinajstić information content (AvgIpc) is 0.824. The highest BCUT2D eigenvalue weighted by atomic mass is 32.1. The predicted octanol–water partition coefficient (Wildman–Crippen LogP) is -3.73. The Hall–Kier alpha value is -6.75. The molecule has 38 heteroatoms. The fraction of sp³-hybridized carbons (Fsp3) is 0.581. The van der Waals surface area contributed by atoms with Gasteiger partial charge in [-0.15, -0.1) is 0 Å². The lowest BCUT2D eigenvalue weighted by molar-refractivity contribution is -0.277. The van der Waals surface area contributed by atoms with Crippen LogP contribution >= 0.6 is 48.9 Å². The van der Waals surface area contributed by atoms with Gasteiger partial charge >= 0.3 is 5.97 Å². The lowest BCUT2D eigenvalue weighted by Gasteiger charge is -2.39. The number of carboxylic acids is 1. The van der Waals surface area contributed by atoms with Gasteiger partial charge in [0.1, 0.15) is 139 Å². The number of carbonyl (C=O) groups excluding carboxylic acids is 2. The molecule has 23 atom stereocenters. The molecule has 112 heavy (non-hydrogen) atoms. The normalized spacial score (nSPS) is 28.6. The first-order chi connectivity index (χ1) is 53.6. The first kappa shape index (κ1) is 90.8. The number of nitrogens with one attached hydrogen (secondary N) is 6. The molecule has 4 saturated heterocycles. The van der Waals surface area contributed by atoms with E-state index in [-0.39, 0.29) is 53.7 Å². The van der Waals surface area contributed by atoms with Crippen LogP contribution in [0.5, 0.6) is 23.0 Å². The zero-order valence-electron chi connectivity index (χ0n) is 60.9. The average molecular weight is 1650 g/mol. The second kappa shape index (κ2) is 44.9. The number of hydrogen-bond acceptors (Lipinski definition) is 31. The van der Waals surface area contributed by atoms with Gasteiger partial charge in [0.25, 0.3) is 0 Å². The molecule has 34 nitrogen and oxygen atoms in total. The highest BCUT2D eigenvalue weighted by Gasteiger charge is 2.48. The standard InChI is InChI=1S/C74H102N6O28S4/c81-33-48-56(85)60(89)64(93)71(105-48)101-41-18-10-37(11-19-41)29-52(109)75-26-4-1-7-45(78-55(112)32-40-16-24-44(25-17-40)104-74-67(96)63(92)59(88)51(36-84)108-74)68(97)79-46(8-2-5-27-76-53(110)30-38-12-20-42(21-13-38)102-72-65(94)61(90)57(86)49(34-82)106-72)69(98)80-47(70(99)100)9-3-6-28-77-54(111)31-39-14-22-43(23-15-39)103-73-66(95)62(91)58(87)50(35-83)107-73/h10-25,45-51,56-67,71-74,81-96H,1-9,26-36H2,(H,75,109)(H,76,110)(H,77,111)(H,78,112)(H,79,97)(H,80,98)(H,99,100). The summed E-state index contributed by atoms with van der Waals surface area (Å²) in [4.78, 5) is 43.9. The fourth-order valence-corrected chi connectivity index (χ4v) is 13.7. The maximum atomic E-state index is 14.8. The Morgan fingerprint density at radius 3 is 0.804 bits per heavy atom. The third kappa shape index (κ3) is 26.7. The molecule has 0 spiro atoms. The molecule has 0 radical (unpaired) electrons. The Kier molecular flexibility index (Phi) is 36.4. The zero-order chi connectivity index (χ0) is 81.3. The maximum Gasteiger partial charge on any atom is 0.326 e. The molecule has 2 amide bonds. The van der Waals surface area contributed by atoms with E-state index in [0.29, 0.717) is 98.0 Å². The van der Waals surface area contributed by atoms with Crippen LogP contribution in [0.3, 0.4) is 0 Å². The van der Waals surface area contributed by atoms with Crippen LogP contribution in [0.25, 0.3) is 0 Å². The van der Waals surface area contributed by atoms with E-state index < -0.39 is 185 Å². The van der Waals surface area contributed by atoms with Gasteiger partial charge in [-0.3, -0.25) is 9.59 Å². The van der Waals surface area contributed by atoms with Crippen LogP contribution in [0, 0.1) is 0 Å². The Morgan fingerprint density at radius 1 is 0.321 bits per heavy atom. The number of carboxylic acid groups (broad SMARTS) is 1. The van der Waals surface area contributed by atoms with Crippen molar-refractivity contribution >= 4 is 86.6 Å². The first-order valence-corrected chi connectivity index (χ1v) is 38.4. The van der Waals surface area contributed by atoms with Gasteiger partial charge in [-0.1, -0.05) is 97.4 Å². The maximum absolute atomic E-state index is 14.8. The van der Waals surface area contributed by atoms with Crippen LogP contribution in [0.2, 0.25) is 0 Å². The summed E-state index contributed by atoms with van der Waals surface area (Å²) < 4.78 is 44.7. The lowest BCUT2D eigenvalue weighted by atomic mass is 9.99. The molecule has 0 aliphatic carbocycles. The van der Waals surface area contributed by atoms with Crippen molar-refractivity contribution in [1.82, 2.24) is 31.9 Å². The molecule has 4 heterocycles. The van der Waals surface area contributed by atoms with Crippen molar-refractivity contribution in [2.24, 2.45) is 0 Å². The van der Waals surface area contributed by atoms with Gasteiger partial charge in [-0.05, 0) is 129 Å².